The predicted molar refractivity (Wildman–Crippen MR) is 128 cm³/mol. The maximum atomic E-state index is 12.7. The van der Waals surface area contributed by atoms with Gasteiger partial charge < -0.3 is 24.6 Å². The van der Waals surface area contributed by atoms with E-state index < -0.39 is 24.2 Å². The lowest BCUT2D eigenvalue weighted by Crippen LogP contribution is -2.19. The maximum Gasteiger partial charge on any atom is 0.409 e. The fraction of sp³-hybridized carbons (Fsp3) is 0.217. The molecule has 34 heavy (non-hydrogen) atoms. The largest absolute Gasteiger partial charge is 0.465 e. The zero-order valence-corrected chi connectivity index (χ0v) is 19.5. The Labute approximate surface area is 200 Å². The first-order valence-electron chi connectivity index (χ1n) is 10.1. The van der Waals surface area contributed by atoms with Gasteiger partial charge in [-0.05, 0) is 18.2 Å². The Morgan fingerprint density at radius 1 is 1.12 bits per heavy atom. The van der Waals surface area contributed by atoms with Crippen LogP contribution in [0.2, 0.25) is 5.02 Å². The van der Waals surface area contributed by atoms with E-state index in [9.17, 15) is 14.4 Å². The van der Waals surface area contributed by atoms with Crippen molar-refractivity contribution in [2.75, 3.05) is 36.7 Å². The van der Waals surface area contributed by atoms with Crippen molar-refractivity contribution in [3.8, 4) is 11.3 Å². The van der Waals surface area contributed by atoms with Crippen molar-refractivity contribution in [1.82, 2.24) is 5.16 Å². The lowest BCUT2D eigenvalue weighted by atomic mass is 10.0. The molecule has 3 rings (SSSR count). The number of ketones is 1. The molecule has 0 aliphatic rings. The van der Waals surface area contributed by atoms with Crippen molar-refractivity contribution in [1.29, 1.82) is 0 Å². The normalized spacial score (nSPS) is 10.6. The highest BCUT2D eigenvalue weighted by molar-refractivity contribution is 6.34. The number of halogens is 1. The first-order valence-corrected chi connectivity index (χ1v) is 10.4. The van der Waals surface area contributed by atoms with Crippen LogP contribution in [0.5, 0.6) is 0 Å². The van der Waals surface area contributed by atoms with Gasteiger partial charge >= 0.3 is 6.09 Å². The molecule has 0 bridgehead atoms. The van der Waals surface area contributed by atoms with Crippen molar-refractivity contribution < 1.29 is 28.8 Å². The zero-order valence-electron chi connectivity index (χ0n) is 18.7. The molecule has 0 saturated carbocycles. The zero-order chi connectivity index (χ0) is 24.8. The molecule has 2 amide bonds. The summed E-state index contributed by atoms with van der Waals surface area (Å²) in [7, 11) is 5.03. The van der Waals surface area contributed by atoms with Crippen molar-refractivity contribution in [2.45, 2.75) is 13.0 Å². The van der Waals surface area contributed by atoms with Crippen molar-refractivity contribution >= 4 is 46.4 Å². The number of anilines is 3. The Balaban J connectivity index is 1.76. The molecule has 0 aliphatic heterocycles. The Morgan fingerprint density at radius 3 is 2.53 bits per heavy atom. The molecule has 0 atom stereocenters. The summed E-state index contributed by atoms with van der Waals surface area (Å²) < 4.78 is 10.3. The van der Waals surface area contributed by atoms with Crippen LogP contribution in [-0.4, -0.2) is 49.3 Å². The van der Waals surface area contributed by atoms with E-state index >= 15 is 0 Å². The third-order valence-corrected chi connectivity index (χ3v) is 5.03. The number of rotatable bonds is 9. The van der Waals surface area contributed by atoms with Gasteiger partial charge in [0.25, 0.3) is 0 Å². The second kappa shape index (κ2) is 10.8. The van der Waals surface area contributed by atoms with Gasteiger partial charge in [-0.25, -0.2) is 4.79 Å². The average molecular weight is 487 g/mol. The number of carbonyl (C=O) groups excluding carboxylic acids is 2. The van der Waals surface area contributed by atoms with E-state index in [1.807, 2.05) is 0 Å². The Bertz CT molecular complexity index is 1220. The summed E-state index contributed by atoms with van der Waals surface area (Å²) in [6.07, 6.45) is -1.77. The minimum absolute atomic E-state index is 0.126. The first kappa shape index (κ1) is 24.7. The second-order valence-corrected chi connectivity index (χ2v) is 7.93. The Hall–Kier alpha value is -3.89. The molecule has 0 aliphatic carbocycles. The van der Waals surface area contributed by atoms with E-state index in [1.165, 1.54) is 12.1 Å². The van der Waals surface area contributed by atoms with Crippen molar-refractivity contribution in [3.63, 3.8) is 0 Å². The molecule has 1 aromatic heterocycles. The van der Waals surface area contributed by atoms with E-state index in [2.05, 4.69) is 15.8 Å². The molecular weight excluding hydrogens is 464 g/mol. The molecule has 2 aromatic carbocycles. The third kappa shape index (κ3) is 6.12. The van der Waals surface area contributed by atoms with Crippen LogP contribution in [0.4, 0.5) is 21.9 Å². The standard InChI is InChI=1S/C23H23ClN4O6/c1-28(2)19-10-18(26-23(31)32)17(9-16(19)24)25-22(30)11-20(29)13-5-4-6-14(7-13)21-8-15(12-33-3)27-34-21/h4-10,26H,11-12H2,1-3H3,(H,25,30)(H,31,32). The highest BCUT2D eigenvalue weighted by Crippen LogP contribution is 2.34. The van der Waals surface area contributed by atoms with Crippen LogP contribution in [0.25, 0.3) is 11.3 Å². The van der Waals surface area contributed by atoms with Crippen LogP contribution >= 0.6 is 11.6 Å². The summed E-state index contributed by atoms with van der Waals surface area (Å²) in [5.74, 6) is -0.592. The van der Waals surface area contributed by atoms with Crippen LogP contribution in [0, 0.1) is 0 Å². The molecule has 0 radical (unpaired) electrons. The molecule has 3 aromatic rings. The number of amides is 2. The van der Waals surface area contributed by atoms with E-state index in [4.69, 9.17) is 26.0 Å². The number of hydrogen-bond donors (Lipinski definition) is 3. The SMILES string of the molecule is COCc1cc(-c2cccc(C(=O)CC(=O)Nc3cc(Cl)c(N(C)C)cc3NC(=O)O)c2)on1. The van der Waals surface area contributed by atoms with Crippen molar-refractivity contribution in [3.05, 3.63) is 58.7 Å². The van der Waals surface area contributed by atoms with Gasteiger partial charge in [0, 0.05) is 38.4 Å². The van der Waals surface area contributed by atoms with Gasteiger partial charge in [-0.2, -0.15) is 0 Å². The summed E-state index contributed by atoms with van der Waals surface area (Å²) in [4.78, 5) is 38.2. The first-order chi connectivity index (χ1) is 16.2. The van der Waals surface area contributed by atoms with Crippen LogP contribution < -0.4 is 15.5 Å². The summed E-state index contributed by atoms with van der Waals surface area (Å²) in [5.41, 5.74) is 2.36. The predicted octanol–water partition coefficient (Wildman–Crippen LogP) is 4.51. The summed E-state index contributed by atoms with van der Waals surface area (Å²) in [6.45, 7) is 0.292. The lowest BCUT2D eigenvalue weighted by Gasteiger charge is -2.19. The van der Waals surface area contributed by atoms with Gasteiger partial charge in [-0.3, -0.25) is 14.9 Å². The number of ether oxygens (including phenoxy) is 1. The third-order valence-electron chi connectivity index (χ3n) is 4.73. The fourth-order valence-electron chi connectivity index (χ4n) is 3.18. The Kier molecular flexibility index (Phi) is 7.87. The van der Waals surface area contributed by atoms with Crippen LogP contribution in [0.15, 0.2) is 47.0 Å². The number of nitrogens with one attached hydrogen (secondary N) is 2. The Morgan fingerprint density at radius 2 is 1.85 bits per heavy atom. The molecule has 0 fully saturated rings. The van der Waals surface area contributed by atoms with Crippen LogP contribution in [-0.2, 0) is 16.1 Å². The second-order valence-electron chi connectivity index (χ2n) is 7.52. The average Bonchev–Trinajstić information content (AvgIpc) is 3.24. The minimum atomic E-state index is -1.31. The van der Waals surface area contributed by atoms with Crippen LogP contribution in [0.3, 0.4) is 0 Å². The van der Waals surface area contributed by atoms with Gasteiger partial charge in [0.05, 0.1) is 35.1 Å². The van der Waals surface area contributed by atoms with Gasteiger partial charge in [0.2, 0.25) is 5.91 Å². The van der Waals surface area contributed by atoms with E-state index in [0.717, 1.165) is 0 Å². The monoisotopic (exact) mass is 486 g/mol. The topological polar surface area (TPSA) is 134 Å². The molecule has 11 heteroatoms. The highest BCUT2D eigenvalue weighted by atomic mass is 35.5. The van der Waals surface area contributed by atoms with E-state index in [1.54, 1.807) is 56.4 Å². The van der Waals surface area contributed by atoms with E-state index in [-0.39, 0.29) is 11.4 Å². The number of Topliss-reactive ketones (excluding diaryl/α,β-unsaturated/α-hetero) is 1. The molecule has 0 unspecified atom stereocenters. The molecular formula is C23H23ClN4O6. The molecule has 178 valence electrons. The fourth-order valence-corrected chi connectivity index (χ4v) is 3.51. The lowest BCUT2D eigenvalue weighted by molar-refractivity contribution is -0.115. The number of carbonyl (C=O) groups is 3. The highest BCUT2D eigenvalue weighted by Gasteiger charge is 2.18. The number of aromatic nitrogens is 1. The molecule has 10 nitrogen and oxygen atoms in total. The van der Waals surface area contributed by atoms with Gasteiger partial charge in [-0.1, -0.05) is 35.0 Å². The summed E-state index contributed by atoms with van der Waals surface area (Å²) >= 11 is 6.26. The number of carboxylic acid groups (broad SMARTS) is 1. The number of methoxy groups -OCH3 is 1. The molecule has 0 saturated heterocycles. The van der Waals surface area contributed by atoms with Crippen molar-refractivity contribution in [2.24, 2.45) is 0 Å². The molecule has 0 spiro atoms. The number of hydrogen-bond acceptors (Lipinski definition) is 7. The number of nitrogens with zero attached hydrogens (tertiary/aromatic N) is 2. The quantitative estimate of drug-likeness (QED) is 0.297. The smallest absolute Gasteiger partial charge is 0.409 e. The summed E-state index contributed by atoms with van der Waals surface area (Å²) in [5, 5.41) is 18.1. The molecule has 3 N–H and O–H groups in total. The number of benzene rings is 2. The van der Waals surface area contributed by atoms with E-state index in [0.29, 0.717) is 39.9 Å². The molecule has 1 heterocycles. The summed E-state index contributed by atoms with van der Waals surface area (Å²) in [6, 6.07) is 11.2. The van der Waals surface area contributed by atoms with Gasteiger partial charge in [0.1, 0.15) is 5.69 Å². The van der Waals surface area contributed by atoms with Gasteiger partial charge in [-0.15, -0.1) is 0 Å². The maximum absolute atomic E-state index is 12.7. The van der Waals surface area contributed by atoms with Gasteiger partial charge in [0.15, 0.2) is 11.5 Å². The van der Waals surface area contributed by atoms with Crippen LogP contribution in [0.1, 0.15) is 22.5 Å². The minimum Gasteiger partial charge on any atom is -0.465 e.